The van der Waals surface area contributed by atoms with Crippen molar-refractivity contribution in [2.75, 3.05) is 17.7 Å². The van der Waals surface area contributed by atoms with Crippen molar-refractivity contribution in [1.82, 2.24) is 4.98 Å². The molecule has 0 radical (unpaired) electrons. The second-order valence-corrected chi connectivity index (χ2v) is 4.66. The average Bonchev–Trinajstić information content (AvgIpc) is 2.47. The first-order valence-corrected chi connectivity index (χ1v) is 6.88. The second-order valence-electron chi connectivity index (χ2n) is 4.66. The molecule has 0 saturated carbocycles. The molecule has 4 N–H and O–H groups in total. The molecule has 2 rings (SSSR count). The summed E-state index contributed by atoms with van der Waals surface area (Å²) in [5.74, 6) is -0.179. The number of rotatable bonds is 5. The molecule has 0 bridgehead atoms. The monoisotopic (exact) mass is 298 g/mol. The van der Waals surface area contributed by atoms with E-state index in [4.69, 9.17) is 15.9 Å². The Morgan fingerprint density at radius 1 is 1.36 bits per heavy atom. The molecule has 0 saturated heterocycles. The summed E-state index contributed by atoms with van der Waals surface area (Å²) in [6.45, 7) is 3.60. The number of hydrogen-bond acceptors (Lipinski definition) is 6. The predicted molar refractivity (Wildman–Crippen MR) is 86.8 cm³/mol. The standard InChI is InChI=1S/C16H18N4O2/c1-3-22-16(21)13-9-12(18)14(10(2)17)15(20-13)19-11-7-5-4-6-8-11/h4-9,17H,3H2,1-2H3,(H3,18,19,20). The number of para-hydroxylation sites is 1. The summed E-state index contributed by atoms with van der Waals surface area (Å²) in [5.41, 5.74) is 7.93. The summed E-state index contributed by atoms with van der Waals surface area (Å²) in [4.78, 5) is 16.1. The fraction of sp³-hybridized carbons (Fsp3) is 0.188. The fourth-order valence-electron chi connectivity index (χ4n) is 2.02. The van der Waals surface area contributed by atoms with Crippen LogP contribution in [-0.2, 0) is 4.74 Å². The van der Waals surface area contributed by atoms with Crippen molar-refractivity contribution in [3.63, 3.8) is 0 Å². The molecule has 1 aromatic carbocycles. The Balaban J connectivity index is 2.48. The van der Waals surface area contributed by atoms with Gasteiger partial charge in [-0.2, -0.15) is 0 Å². The Morgan fingerprint density at radius 3 is 2.64 bits per heavy atom. The Hall–Kier alpha value is -2.89. The molecule has 0 aliphatic rings. The number of aromatic nitrogens is 1. The Bertz CT molecular complexity index is 699. The van der Waals surface area contributed by atoms with Crippen LogP contribution in [-0.4, -0.2) is 23.3 Å². The van der Waals surface area contributed by atoms with Crippen molar-refractivity contribution < 1.29 is 9.53 Å². The zero-order chi connectivity index (χ0) is 16.1. The highest BCUT2D eigenvalue weighted by molar-refractivity contribution is 6.06. The van der Waals surface area contributed by atoms with Crippen molar-refractivity contribution in [2.24, 2.45) is 0 Å². The van der Waals surface area contributed by atoms with E-state index in [1.165, 1.54) is 6.07 Å². The number of carbonyl (C=O) groups is 1. The lowest BCUT2D eigenvalue weighted by molar-refractivity contribution is 0.0519. The van der Waals surface area contributed by atoms with E-state index in [0.29, 0.717) is 17.1 Å². The highest BCUT2D eigenvalue weighted by atomic mass is 16.5. The summed E-state index contributed by atoms with van der Waals surface area (Å²) in [6, 6.07) is 10.8. The molecule has 1 heterocycles. The van der Waals surface area contributed by atoms with E-state index in [1.807, 2.05) is 30.3 Å². The van der Waals surface area contributed by atoms with Crippen LogP contribution in [0.25, 0.3) is 0 Å². The van der Waals surface area contributed by atoms with Gasteiger partial charge in [0, 0.05) is 17.1 Å². The molecular weight excluding hydrogens is 280 g/mol. The average molecular weight is 298 g/mol. The van der Waals surface area contributed by atoms with Crippen molar-refractivity contribution >= 4 is 28.9 Å². The molecule has 0 aliphatic carbocycles. The molecule has 0 fully saturated rings. The van der Waals surface area contributed by atoms with E-state index in [-0.39, 0.29) is 18.0 Å². The van der Waals surface area contributed by atoms with Crippen molar-refractivity contribution in [1.29, 1.82) is 5.41 Å². The quantitative estimate of drug-likeness (QED) is 0.582. The minimum absolute atomic E-state index is 0.114. The highest BCUT2D eigenvalue weighted by Crippen LogP contribution is 2.25. The van der Waals surface area contributed by atoms with Gasteiger partial charge in [0.05, 0.1) is 12.2 Å². The summed E-state index contributed by atoms with van der Waals surface area (Å²) in [6.07, 6.45) is 0. The largest absolute Gasteiger partial charge is 0.461 e. The van der Waals surface area contributed by atoms with E-state index in [0.717, 1.165) is 5.69 Å². The van der Waals surface area contributed by atoms with Crippen molar-refractivity contribution in [3.8, 4) is 0 Å². The minimum Gasteiger partial charge on any atom is -0.461 e. The summed E-state index contributed by atoms with van der Waals surface area (Å²) in [7, 11) is 0. The molecule has 0 atom stereocenters. The third-order valence-electron chi connectivity index (χ3n) is 2.95. The maximum absolute atomic E-state index is 11.9. The first kappa shape index (κ1) is 15.5. The van der Waals surface area contributed by atoms with Gasteiger partial charge in [0.15, 0.2) is 5.69 Å². The topological polar surface area (TPSA) is 101 Å². The summed E-state index contributed by atoms with van der Waals surface area (Å²) < 4.78 is 4.95. The molecule has 6 heteroatoms. The van der Waals surface area contributed by atoms with Crippen LogP contribution in [0.5, 0.6) is 0 Å². The number of ether oxygens (including phenoxy) is 1. The predicted octanol–water partition coefficient (Wildman–Crippen LogP) is 2.97. The van der Waals surface area contributed by atoms with Crippen LogP contribution in [0, 0.1) is 5.41 Å². The fourth-order valence-corrected chi connectivity index (χ4v) is 2.02. The second kappa shape index (κ2) is 6.71. The van der Waals surface area contributed by atoms with E-state index >= 15 is 0 Å². The SMILES string of the molecule is CCOC(=O)c1cc(N)c(C(C)=N)c(Nc2ccccc2)n1. The molecule has 0 amide bonds. The highest BCUT2D eigenvalue weighted by Gasteiger charge is 2.17. The van der Waals surface area contributed by atoms with Crippen LogP contribution < -0.4 is 11.1 Å². The van der Waals surface area contributed by atoms with Gasteiger partial charge in [-0.05, 0) is 32.0 Å². The molecule has 0 spiro atoms. The number of anilines is 3. The van der Waals surface area contributed by atoms with Crippen molar-refractivity contribution in [2.45, 2.75) is 13.8 Å². The van der Waals surface area contributed by atoms with Gasteiger partial charge in [0.2, 0.25) is 0 Å². The third-order valence-corrected chi connectivity index (χ3v) is 2.95. The van der Waals surface area contributed by atoms with Crippen LogP contribution in [0.15, 0.2) is 36.4 Å². The lowest BCUT2D eigenvalue weighted by atomic mass is 10.1. The number of pyridine rings is 1. The third kappa shape index (κ3) is 3.41. The van der Waals surface area contributed by atoms with Crippen molar-refractivity contribution in [3.05, 3.63) is 47.7 Å². The van der Waals surface area contributed by atoms with Gasteiger partial charge < -0.3 is 21.2 Å². The molecule has 2 aromatic rings. The number of nitrogen functional groups attached to an aromatic ring is 1. The number of nitrogens with zero attached hydrogens (tertiary/aromatic N) is 1. The molecule has 114 valence electrons. The maximum Gasteiger partial charge on any atom is 0.357 e. The number of esters is 1. The molecule has 0 unspecified atom stereocenters. The number of hydrogen-bond donors (Lipinski definition) is 3. The van der Waals surface area contributed by atoms with Gasteiger partial charge in [-0.1, -0.05) is 18.2 Å². The number of nitrogens with one attached hydrogen (secondary N) is 2. The molecule has 22 heavy (non-hydrogen) atoms. The van der Waals surface area contributed by atoms with E-state index < -0.39 is 5.97 Å². The number of carbonyl (C=O) groups excluding carboxylic acids is 1. The van der Waals surface area contributed by atoms with E-state index in [9.17, 15) is 4.79 Å². The van der Waals surface area contributed by atoms with Crippen LogP contribution in [0.1, 0.15) is 29.9 Å². The lowest BCUT2D eigenvalue weighted by Gasteiger charge is -2.14. The number of benzene rings is 1. The molecule has 6 nitrogen and oxygen atoms in total. The summed E-state index contributed by atoms with van der Waals surface area (Å²) >= 11 is 0. The van der Waals surface area contributed by atoms with Crippen LogP contribution in [0.3, 0.4) is 0 Å². The maximum atomic E-state index is 11.9. The normalized spacial score (nSPS) is 10.1. The molecular formula is C16H18N4O2. The Labute approximate surface area is 128 Å². The van der Waals surface area contributed by atoms with Crippen LogP contribution in [0.4, 0.5) is 17.2 Å². The van der Waals surface area contributed by atoms with Gasteiger partial charge in [-0.25, -0.2) is 9.78 Å². The van der Waals surface area contributed by atoms with Crippen LogP contribution >= 0.6 is 0 Å². The Morgan fingerprint density at radius 2 is 2.05 bits per heavy atom. The van der Waals surface area contributed by atoms with Gasteiger partial charge >= 0.3 is 5.97 Å². The van der Waals surface area contributed by atoms with E-state index in [1.54, 1.807) is 13.8 Å². The van der Waals surface area contributed by atoms with Gasteiger partial charge in [0.1, 0.15) is 5.82 Å². The summed E-state index contributed by atoms with van der Waals surface area (Å²) in [5, 5.41) is 11.0. The van der Waals surface area contributed by atoms with Crippen LogP contribution in [0.2, 0.25) is 0 Å². The zero-order valence-electron chi connectivity index (χ0n) is 12.5. The first-order valence-electron chi connectivity index (χ1n) is 6.88. The zero-order valence-corrected chi connectivity index (χ0v) is 12.5. The van der Waals surface area contributed by atoms with E-state index in [2.05, 4.69) is 10.3 Å². The molecule has 1 aromatic heterocycles. The first-order chi connectivity index (χ1) is 10.5. The van der Waals surface area contributed by atoms with Gasteiger partial charge in [-0.3, -0.25) is 0 Å². The lowest BCUT2D eigenvalue weighted by Crippen LogP contribution is -2.13. The molecule has 0 aliphatic heterocycles. The Kier molecular flexibility index (Phi) is 4.73. The van der Waals surface area contributed by atoms with Gasteiger partial charge in [-0.15, -0.1) is 0 Å². The minimum atomic E-state index is -0.542. The van der Waals surface area contributed by atoms with Gasteiger partial charge in [0.25, 0.3) is 0 Å². The smallest absolute Gasteiger partial charge is 0.357 e. The number of nitrogens with two attached hydrogens (primary N) is 1.